The van der Waals surface area contributed by atoms with Crippen molar-refractivity contribution in [3.63, 3.8) is 0 Å². The summed E-state index contributed by atoms with van der Waals surface area (Å²) >= 11 is 0. The van der Waals surface area contributed by atoms with Crippen molar-refractivity contribution in [2.75, 3.05) is 0 Å². The van der Waals surface area contributed by atoms with Crippen LogP contribution in [0.25, 0.3) is 0 Å². The van der Waals surface area contributed by atoms with Gasteiger partial charge in [0, 0.05) is 22.3 Å². The number of phosphoric acid groups is 1. The molecule has 5 aromatic carbocycles. The molecule has 5 rings (SSSR count). The predicted molar refractivity (Wildman–Crippen MR) is 149 cm³/mol. The number of benzene rings is 5. The van der Waals surface area contributed by atoms with Gasteiger partial charge in [-0.1, -0.05) is 78.9 Å². The zero-order valence-electron chi connectivity index (χ0n) is 20.7. The van der Waals surface area contributed by atoms with Crippen LogP contribution in [0.15, 0.2) is 140 Å². The first kappa shape index (κ1) is 25.7. The van der Waals surface area contributed by atoms with Crippen molar-refractivity contribution in [3.05, 3.63) is 162 Å². The molecule has 0 unspecified atom stereocenters. The minimum atomic E-state index is -4.25. The van der Waals surface area contributed by atoms with E-state index in [1.807, 2.05) is 12.1 Å². The average molecular weight is 535 g/mol. The Morgan fingerprint density at radius 3 is 1.03 bits per heavy atom. The SMILES string of the molecule is O=C(c1ccccc1)c1ccc(OP(=O)(Oc2ccccc2)Oc2ccc(C(=O)c3ccccc3)cc2)cc1. The fourth-order valence-corrected chi connectivity index (χ4v) is 5.02. The van der Waals surface area contributed by atoms with E-state index in [-0.39, 0.29) is 28.8 Å². The molecule has 0 aliphatic carbocycles. The molecule has 192 valence electrons. The van der Waals surface area contributed by atoms with Crippen molar-refractivity contribution in [2.24, 2.45) is 0 Å². The topological polar surface area (TPSA) is 78.9 Å². The molecule has 6 nitrogen and oxygen atoms in total. The molecule has 0 spiro atoms. The van der Waals surface area contributed by atoms with Crippen molar-refractivity contribution in [3.8, 4) is 17.2 Å². The lowest BCUT2D eigenvalue weighted by Gasteiger charge is -2.19. The summed E-state index contributed by atoms with van der Waals surface area (Å²) in [6.45, 7) is 0. The van der Waals surface area contributed by atoms with Crippen molar-refractivity contribution < 1.29 is 27.7 Å². The summed E-state index contributed by atoms with van der Waals surface area (Å²) < 4.78 is 30.9. The van der Waals surface area contributed by atoms with Crippen molar-refractivity contribution in [1.82, 2.24) is 0 Å². The van der Waals surface area contributed by atoms with Gasteiger partial charge in [0.15, 0.2) is 11.6 Å². The lowest BCUT2D eigenvalue weighted by molar-refractivity contribution is 0.103. The minimum absolute atomic E-state index is 0.146. The first-order valence-electron chi connectivity index (χ1n) is 12.1. The Kier molecular flexibility index (Phi) is 7.67. The van der Waals surface area contributed by atoms with Gasteiger partial charge in [-0.2, -0.15) is 4.57 Å². The summed E-state index contributed by atoms with van der Waals surface area (Å²) in [5.74, 6) is 0.372. The molecule has 0 aliphatic rings. The highest BCUT2D eigenvalue weighted by molar-refractivity contribution is 7.49. The molecule has 0 saturated heterocycles. The first-order chi connectivity index (χ1) is 19.0. The minimum Gasteiger partial charge on any atom is -0.386 e. The van der Waals surface area contributed by atoms with Gasteiger partial charge in [-0.15, -0.1) is 0 Å². The lowest BCUT2D eigenvalue weighted by atomic mass is 10.0. The molecule has 0 saturated carbocycles. The van der Waals surface area contributed by atoms with Gasteiger partial charge in [0.1, 0.15) is 17.2 Å². The van der Waals surface area contributed by atoms with Gasteiger partial charge in [-0.05, 0) is 60.7 Å². The second kappa shape index (κ2) is 11.6. The van der Waals surface area contributed by atoms with Crippen LogP contribution < -0.4 is 13.6 Å². The Morgan fingerprint density at radius 1 is 0.385 bits per heavy atom. The van der Waals surface area contributed by atoms with Gasteiger partial charge in [0.05, 0.1) is 0 Å². The van der Waals surface area contributed by atoms with E-state index in [4.69, 9.17) is 13.6 Å². The maximum atomic E-state index is 13.8. The molecule has 39 heavy (non-hydrogen) atoms. The monoisotopic (exact) mass is 534 g/mol. The Bertz CT molecular complexity index is 1500. The van der Waals surface area contributed by atoms with E-state index < -0.39 is 7.82 Å². The molecule has 0 bridgehead atoms. The van der Waals surface area contributed by atoms with Gasteiger partial charge in [0.2, 0.25) is 0 Å². The number of carbonyl (C=O) groups is 2. The number of ketones is 2. The Labute approximate surface area is 226 Å². The second-order valence-electron chi connectivity index (χ2n) is 8.47. The van der Waals surface area contributed by atoms with Crippen LogP contribution in [0.5, 0.6) is 17.2 Å². The number of rotatable bonds is 10. The maximum absolute atomic E-state index is 13.8. The van der Waals surface area contributed by atoms with Crippen LogP contribution >= 0.6 is 7.82 Å². The molecule has 0 radical (unpaired) electrons. The first-order valence-corrected chi connectivity index (χ1v) is 13.6. The van der Waals surface area contributed by atoms with E-state index in [9.17, 15) is 14.2 Å². The fraction of sp³-hybridized carbons (Fsp3) is 0. The van der Waals surface area contributed by atoms with E-state index >= 15 is 0 Å². The van der Waals surface area contributed by atoms with E-state index in [1.165, 1.54) is 24.3 Å². The smallest absolute Gasteiger partial charge is 0.386 e. The lowest BCUT2D eigenvalue weighted by Crippen LogP contribution is -2.08. The highest BCUT2D eigenvalue weighted by Gasteiger charge is 2.33. The zero-order valence-corrected chi connectivity index (χ0v) is 21.6. The summed E-state index contributed by atoms with van der Waals surface area (Å²) in [5.41, 5.74) is 2.02. The number of phosphoric ester groups is 1. The fourth-order valence-electron chi connectivity index (χ4n) is 3.77. The average Bonchev–Trinajstić information content (AvgIpc) is 2.98. The Morgan fingerprint density at radius 2 is 0.667 bits per heavy atom. The van der Waals surface area contributed by atoms with E-state index in [1.54, 1.807) is 103 Å². The van der Waals surface area contributed by atoms with Gasteiger partial charge >= 0.3 is 7.82 Å². The number of para-hydroxylation sites is 1. The predicted octanol–water partition coefficient (Wildman–Crippen LogP) is 7.79. The molecule has 7 heteroatoms. The largest absolute Gasteiger partial charge is 0.647 e. The summed E-state index contributed by atoms with van der Waals surface area (Å²) in [4.78, 5) is 25.4. The summed E-state index contributed by atoms with van der Waals surface area (Å²) in [7, 11) is -4.25. The van der Waals surface area contributed by atoms with Gasteiger partial charge in [0.25, 0.3) is 0 Å². The summed E-state index contributed by atoms with van der Waals surface area (Å²) in [6.07, 6.45) is 0. The number of hydrogen-bond acceptors (Lipinski definition) is 6. The van der Waals surface area contributed by atoms with Crippen molar-refractivity contribution in [1.29, 1.82) is 0 Å². The summed E-state index contributed by atoms with van der Waals surface area (Å²) in [6, 6.07) is 38.8. The summed E-state index contributed by atoms with van der Waals surface area (Å²) in [5, 5.41) is 0. The molecule has 0 aromatic heterocycles. The van der Waals surface area contributed by atoms with E-state index in [0.29, 0.717) is 22.3 Å². The molecule has 5 aromatic rings. The van der Waals surface area contributed by atoms with Crippen LogP contribution in [0.4, 0.5) is 0 Å². The molecule has 0 amide bonds. The molecular weight excluding hydrogens is 511 g/mol. The molecule has 0 N–H and O–H groups in total. The van der Waals surface area contributed by atoms with Crippen molar-refractivity contribution in [2.45, 2.75) is 0 Å². The van der Waals surface area contributed by atoms with Gasteiger partial charge in [-0.25, -0.2) is 0 Å². The molecule has 0 fully saturated rings. The van der Waals surface area contributed by atoms with Gasteiger partial charge in [-0.3, -0.25) is 9.59 Å². The third-order valence-corrected chi connectivity index (χ3v) is 7.00. The van der Waals surface area contributed by atoms with Crippen LogP contribution in [0.1, 0.15) is 31.8 Å². The zero-order chi connectivity index (χ0) is 27.1. The van der Waals surface area contributed by atoms with Crippen molar-refractivity contribution >= 4 is 19.4 Å². The quantitative estimate of drug-likeness (QED) is 0.134. The van der Waals surface area contributed by atoms with Crippen LogP contribution in [0.2, 0.25) is 0 Å². The molecule has 0 aliphatic heterocycles. The Balaban J connectivity index is 1.36. The molecule has 0 heterocycles. The third-order valence-electron chi connectivity index (χ3n) is 5.70. The molecular formula is C32H23O6P. The normalized spacial score (nSPS) is 10.9. The maximum Gasteiger partial charge on any atom is 0.647 e. The molecule has 0 atom stereocenters. The van der Waals surface area contributed by atoms with E-state index in [2.05, 4.69) is 0 Å². The highest BCUT2D eigenvalue weighted by atomic mass is 31.2. The van der Waals surface area contributed by atoms with Crippen LogP contribution in [-0.2, 0) is 4.57 Å². The van der Waals surface area contributed by atoms with E-state index in [0.717, 1.165) is 0 Å². The third kappa shape index (κ3) is 6.50. The number of carbonyl (C=O) groups excluding carboxylic acids is 2. The van der Waals surface area contributed by atoms with Crippen LogP contribution in [0.3, 0.4) is 0 Å². The van der Waals surface area contributed by atoms with Gasteiger partial charge < -0.3 is 13.6 Å². The number of hydrogen-bond donors (Lipinski definition) is 0. The second-order valence-corrected chi connectivity index (χ2v) is 9.92. The standard InChI is InChI=1S/C32H23O6P/c33-31(24-10-4-1-5-11-24)26-16-20-29(21-17-26)37-39(35,36-28-14-8-3-9-15-28)38-30-22-18-27(19-23-30)32(34)25-12-6-2-7-13-25/h1-23H. The van der Waals surface area contributed by atoms with Crippen LogP contribution in [0, 0.1) is 0 Å². The van der Waals surface area contributed by atoms with Crippen LogP contribution in [-0.4, -0.2) is 11.6 Å². The highest BCUT2D eigenvalue weighted by Crippen LogP contribution is 2.49. The Hall–Kier alpha value is -4.93.